The molecule has 0 saturated heterocycles. The summed E-state index contributed by atoms with van der Waals surface area (Å²) in [7, 11) is 1.70. The van der Waals surface area contributed by atoms with Gasteiger partial charge in [-0.3, -0.25) is 4.79 Å². The van der Waals surface area contributed by atoms with Crippen molar-refractivity contribution >= 4 is 40.2 Å². The number of halogens is 1. The second-order valence-corrected chi connectivity index (χ2v) is 5.79. The number of rotatable bonds is 3. The van der Waals surface area contributed by atoms with Crippen molar-refractivity contribution in [2.75, 3.05) is 17.7 Å². The Morgan fingerprint density at radius 1 is 1.37 bits per heavy atom. The van der Waals surface area contributed by atoms with E-state index in [2.05, 4.69) is 6.92 Å². The molecule has 0 atom stereocenters. The maximum absolute atomic E-state index is 12.4. The molecule has 0 saturated carbocycles. The van der Waals surface area contributed by atoms with E-state index in [1.807, 2.05) is 12.1 Å². The molecule has 1 amide bonds. The lowest BCUT2D eigenvalue weighted by Crippen LogP contribution is -2.26. The summed E-state index contributed by atoms with van der Waals surface area (Å²) in [6, 6.07) is 8.94. The van der Waals surface area contributed by atoms with Gasteiger partial charge in [0, 0.05) is 16.9 Å². The number of nitrogen functional groups attached to an aromatic ring is 1. The summed E-state index contributed by atoms with van der Waals surface area (Å²) in [5.41, 5.74) is 7.05. The van der Waals surface area contributed by atoms with Crippen LogP contribution in [-0.2, 0) is 6.42 Å². The van der Waals surface area contributed by atoms with Crippen molar-refractivity contribution in [1.82, 2.24) is 0 Å². The zero-order chi connectivity index (χ0) is 14.0. The van der Waals surface area contributed by atoms with Gasteiger partial charge in [-0.2, -0.15) is 0 Å². The van der Waals surface area contributed by atoms with Crippen molar-refractivity contribution in [1.29, 1.82) is 0 Å². The van der Waals surface area contributed by atoms with E-state index in [1.165, 1.54) is 21.1 Å². The lowest BCUT2D eigenvalue weighted by molar-refractivity contribution is 0.0997. The minimum atomic E-state index is -0.0707. The number of nitrogens with zero attached hydrogens (tertiary/aromatic N) is 1. The molecule has 5 heteroatoms. The molecule has 2 rings (SSSR count). The molecule has 0 bridgehead atoms. The molecule has 0 unspecified atom stereocenters. The summed E-state index contributed by atoms with van der Waals surface area (Å²) in [4.78, 5) is 15.8. The molecule has 0 aliphatic rings. The van der Waals surface area contributed by atoms with Gasteiger partial charge in [0.2, 0.25) is 0 Å². The number of nitrogens with two attached hydrogens (primary N) is 1. The molecule has 2 N–H and O–H groups in total. The van der Waals surface area contributed by atoms with Gasteiger partial charge in [-0.25, -0.2) is 0 Å². The highest BCUT2D eigenvalue weighted by atomic mass is 35.5. The van der Waals surface area contributed by atoms with Crippen LogP contribution in [0.5, 0.6) is 0 Å². The van der Waals surface area contributed by atoms with Crippen molar-refractivity contribution in [3.05, 3.63) is 45.1 Å². The summed E-state index contributed by atoms with van der Waals surface area (Å²) in [5, 5.41) is 0.560. The zero-order valence-electron chi connectivity index (χ0n) is 10.8. The predicted molar refractivity (Wildman–Crippen MR) is 82.3 cm³/mol. The number of thiophene rings is 1. The molecule has 0 aliphatic heterocycles. The van der Waals surface area contributed by atoms with E-state index in [4.69, 9.17) is 17.3 Å². The van der Waals surface area contributed by atoms with Gasteiger partial charge in [0.15, 0.2) is 0 Å². The number of carbonyl (C=O) groups excluding carboxylic acids is 1. The Balaban J connectivity index is 2.30. The largest absolute Gasteiger partial charge is 0.397 e. The molecule has 0 fully saturated rings. The molecular formula is C14H15ClN2OS. The Labute approximate surface area is 121 Å². The maximum Gasteiger partial charge on any atom is 0.268 e. The van der Waals surface area contributed by atoms with Gasteiger partial charge in [0.05, 0.1) is 16.3 Å². The maximum atomic E-state index is 12.4. The van der Waals surface area contributed by atoms with E-state index in [9.17, 15) is 4.79 Å². The highest BCUT2D eigenvalue weighted by Crippen LogP contribution is 2.28. The minimum absolute atomic E-state index is 0.0707. The fraction of sp³-hybridized carbons (Fsp3) is 0.214. The van der Waals surface area contributed by atoms with Crippen LogP contribution in [0.3, 0.4) is 0 Å². The smallest absolute Gasteiger partial charge is 0.268 e. The van der Waals surface area contributed by atoms with Crippen LogP contribution in [0, 0.1) is 0 Å². The van der Waals surface area contributed by atoms with E-state index in [0.717, 1.165) is 6.42 Å². The lowest BCUT2D eigenvalue weighted by atomic mass is 10.2. The highest BCUT2D eigenvalue weighted by molar-refractivity contribution is 7.14. The SMILES string of the molecule is CCc1ccc(C(=O)N(C)c2cc(Cl)ccc2N)s1. The van der Waals surface area contributed by atoms with Crippen LogP contribution in [0.2, 0.25) is 5.02 Å². The second-order valence-electron chi connectivity index (χ2n) is 4.19. The highest BCUT2D eigenvalue weighted by Gasteiger charge is 2.17. The van der Waals surface area contributed by atoms with Gasteiger partial charge in [-0.05, 0) is 36.8 Å². The lowest BCUT2D eigenvalue weighted by Gasteiger charge is -2.18. The fourth-order valence-electron chi connectivity index (χ4n) is 1.76. The molecule has 1 heterocycles. The van der Waals surface area contributed by atoms with Crippen LogP contribution >= 0.6 is 22.9 Å². The molecule has 1 aromatic carbocycles. The first-order valence-corrected chi connectivity index (χ1v) is 7.14. The molecular weight excluding hydrogens is 280 g/mol. The summed E-state index contributed by atoms with van der Waals surface area (Å²) >= 11 is 7.46. The third-order valence-corrected chi connectivity index (χ3v) is 4.33. The Morgan fingerprint density at radius 2 is 2.11 bits per heavy atom. The fourth-order valence-corrected chi connectivity index (χ4v) is 2.85. The number of aryl methyl sites for hydroxylation is 1. The number of anilines is 2. The van der Waals surface area contributed by atoms with E-state index in [-0.39, 0.29) is 5.91 Å². The molecule has 0 radical (unpaired) electrons. The average Bonchev–Trinajstić information content (AvgIpc) is 2.88. The average molecular weight is 295 g/mol. The van der Waals surface area contributed by atoms with Gasteiger partial charge in [0.25, 0.3) is 5.91 Å². The molecule has 1 aromatic heterocycles. The molecule has 2 aromatic rings. The number of hydrogen-bond donors (Lipinski definition) is 1. The standard InChI is InChI=1S/C14H15ClN2OS/c1-3-10-5-7-13(19-10)14(18)17(2)12-8-9(15)4-6-11(12)16/h4-8H,3,16H2,1-2H3. The Kier molecular flexibility index (Phi) is 4.12. The number of carbonyl (C=O) groups is 1. The third-order valence-electron chi connectivity index (χ3n) is 2.88. The van der Waals surface area contributed by atoms with Gasteiger partial charge in [-0.15, -0.1) is 11.3 Å². The second kappa shape index (κ2) is 5.63. The van der Waals surface area contributed by atoms with E-state index in [0.29, 0.717) is 21.3 Å². The number of benzene rings is 1. The summed E-state index contributed by atoms with van der Waals surface area (Å²) in [6.07, 6.45) is 0.932. The van der Waals surface area contributed by atoms with Crippen LogP contribution in [0.4, 0.5) is 11.4 Å². The van der Waals surface area contributed by atoms with Crippen LogP contribution in [0.25, 0.3) is 0 Å². The molecule has 0 aliphatic carbocycles. The first kappa shape index (κ1) is 13.9. The molecule has 3 nitrogen and oxygen atoms in total. The first-order valence-electron chi connectivity index (χ1n) is 5.94. The van der Waals surface area contributed by atoms with Gasteiger partial charge in [-0.1, -0.05) is 18.5 Å². The Morgan fingerprint density at radius 3 is 2.74 bits per heavy atom. The van der Waals surface area contributed by atoms with E-state index < -0.39 is 0 Å². The number of hydrogen-bond acceptors (Lipinski definition) is 3. The number of amides is 1. The van der Waals surface area contributed by atoms with Crippen molar-refractivity contribution < 1.29 is 4.79 Å². The Hall–Kier alpha value is -1.52. The quantitative estimate of drug-likeness (QED) is 0.875. The first-order chi connectivity index (χ1) is 9.02. The van der Waals surface area contributed by atoms with Crippen LogP contribution in [0.15, 0.2) is 30.3 Å². The van der Waals surface area contributed by atoms with E-state index in [1.54, 1.807) is 25.2 Å². The van der Waals surface area contributed by atoms with Crippen LogP contribution in [0.1, 0.15) is 21.5 Å². The molecule has 100 valence electrons. The van der Waals surface area contributed by atoms with Gasteiger partial charge >= 0.3 is 0 Å². The molecule has 0 spiro atoms. The molecule has 19 heavy (non-hydrogen) atoms. The normalized spacial score (nSPS) is 10.5. The van der Waals surface area contributed by atoms with Gasteiger partial charge in [0.1, 0.15) is 0 Å². The van der Waals surface area contributed by atoms with Crippen molar-refractivity contribution in [3.8, 4) is 0 Å². The van der Waals surface area contributed by atoms with Crippen LogP contribution in [-0.4, -0.2) is 13.0 Å². The monoisotopic (exact) mass is 294 g/mol. The zero-order valence-corrected chi connectivity index (χ0v) is 12.4. The van der Waals surface area contributed by atoms with Gasteiger partial charge < -0.3 is 10.6 Å². The summed E-state index contributed by atoms with van der Waals surface area (Å²) < 4.78 is 0. The van der Waals surface area contributed by atoms with Crippen molar-refractivity contribution in [3.63, 3.8) is 0 Å². The predicted octanol–water partition coefficient (Wildman–Crippen LogP) is 3.82. The summed E-state index contributed by atoms with van der Waals surface area (Å²) in [5.74, 6) is -0.0707. The van der Waals surface area contributed by atoms with Crippen molar-refractivity contribution in [2.45, 2.75) is 13.3 Å². The summed E-state index contributed by atoms with van der Waals surface area (Å²) in [6.45, 7) is 2.07. The third kappa shape index (κ3) is 2.91. The minimum Gasteiger partial charge on any atom is -0.397 e. The van der Waals surface area contributed by atoms with Crippen molar-refractivity contribution in [2.24, 2.45) is 0 Å². The van der Waals surface area contributed by atoms with Crippen LogP contribution < -0.4 is 10.6 Å². The van der Waals surface area contributed by atoms with E-state index >= 15 is 0 Å². The Bertz CT molecular complexity index is 609. The topological polar surface area (TPSA) is 46.3 Å².